The smallest absolute Gasteiger partial charge is 0.221 e. The molecule has 1 heterocycles. The molecule has 1 atom stereocenters. The van der Waals surface area contributed by atoms with Crippen LogP contribution in [0, 0.1) is 0 Å². The number of hydrogen-bond acceptors (Lipinski definition) is 3. The van der Waals surface area contributed by atoms with E-state index in [1.54, 1.807) is 0 Å². The molecule has 0 bridgehead atoms. The van der Waals surface area contributed by atoms with Crippen molar-refractivity contribution in [3.63, 3.8) is 0 Å². The van der Waals surface area contributed by atoms with Gasteiger partial charge >= 0.3 is 0 Å². The number of rotatable bonds is 7. The van der Waals surface area contributed by atoms with Crippen molar-refractivity contribution in [3.05, 3.63) is 70.7 Å². The molecule has 1 aliphatic heterocycles. The summed E-state index contributed by atoms with van der Waals surface area (Å²) in [5.41, 5.74) is 2.33. The minimum atomic E-state index is 0.0465. The molecule has 138 valence electrons. The van der Waals surface area contributed by atoms with Crippen LogP contribution in [0.15, 0.2) is 54.6 Å². The van der Waals surface area contributed by atoms with Gasteiger partial charge in [0.15, 0.2) is 0 Å². The molecular weight excluding hydrogens is 348 g/mol. The molecule has 3 rings (SSSR count). The normalized spacial score (nSPS) is 17.8. The number of carbonyl (C=O) groups is 1. The van der Waals surface area contributed by atoms with Gasteiger partial charge in [0.2, 0.25) is 5.91 Å². The van der Waals surface area contributed by atoms with Crippen molar-refractivity contribution < 1.29 is 9.53 Å². The summed E-state index contributed by atoms with van der Waals surface area (Å²) in [6.45, 7) is 3.66. The fourth-order valence-corrected chi connectivity index (χ4v) is 3.44. The Kier molecular flexibility index (Phi) is 7.06. The molecule has 26 heavy (non-hydrogen) atoms. The molecule has 5 heteroatoms. The van der Waals surface area contributed by atoms with Crippen LogP contribution in [0.3, 0.4) is 0 Å². The van der Waals surface area contributed by atoms with E-state index >= 15 is 0 Å². The molecule has 2 aromatic carbocycles. The van der Waals surface area contributed by atoms with E-state index in [1.165, 1.54) is 5.56 Å². The quantitative estimate of drug-likeness (QED) is 0.810. The average molecular weight is 373 g/mol. The molecule has 0 spiro atoms. The number of morpholine rings is 1. The van der Waals surface area contributed by atoms with Crippen molar-refractivity contribution in [1.29, 1.82) is 0 Å². The van der Waals surface area contributed by atoms with Crippen LogP contribution < -0.4 is 5.32 Å². The first kappa shape index (κ1) is 18.9. The fraction of sp³-hybridized carbons (Fsp3) is 0.381. The first-order valence-electron chi connectivity index (χ1n) is 9.07. The molecule has 0 saturated carbocycles. The molecule has 1 unspecified atom stereocenters. The first-order chi connectivity index (χ1) is 12.7. The van der Waals surface area contributed by atoms with Crippen molar-refractivity contribution in [2.75, 3.05) is 26.3 Å². The van der Waals surface area contributed by atoms with E-state index in [2.05, 4.69) is 34.5 Å². The van der Waals surface area contributed by atoms with Crippen molar-refractivity contribution in [2.45, 2.75) is 25.4 Å². The number of benzene rings is 2. The summed E-state index contributed by atoms with van der Waals surface area (Å²) in [6.07, 6.45) is 1.44. The van der Waals surface area contributed by atoms with Gasteiger partial charge in [-0.05, 0) is 29.7 Å². The average Bonchev–Trinajstić information content (AvgIpc) is 2.67. The van der Waals surface area contributed by atoms with Gasteiger partial charge in [-0.15, -0.1) is 0 Å². The molecule has 2 aromatic rings. The maximum Gasteiger partial charge on any atom is 0.221 e. The van der Waals surface area contributed by atoms with Gasteiger partial charge < -0.3 is 10.1 Å². The third kappa shape index (κ3) is 5.84. The molecule has 0 aliphatic carbocycles. The lowest BCUT2D eigenvalue weighted by atomic mass is 10.1. The minimum absolute atomic E-state index is 0.0465. The second kappa shape index (κ2) is 9.72. The van der Waals surface area contributed by atoms with Crippen molar-refractivity contribution in [3.8, 4) is 0 Å². The van der Waals surface area contributed by atoms with Gasteiger partial charge in [0.05, 0.1) is 13.2 Å². The highest BCUT2D eigenvalue weighted by molar-refractivity contribution is 6.30. The molecule has 1 aliphatic rings. The van der Waals surface area contributed by atoms with Crippen LogP contribution in [-0.4, -0.2) is 43.2 Å². The number of carbonyl (C=O) groups excluding carboxylic acids is 1. The summed E-state index contributed by atoms with van der Waals surface area (Å²) in [5, 5.41) is 3.67. The Hall–Kier alpha value is -1.88. The van der Waals surface area contributed by atoms with Crippen LogP contribution in [0.4, 0.5) is 0 Å². The van der Waals surface area contributed by atoms with E-state index in [1.807, 2.05) is 30.3 Å². The molecule has 0 radical (unpaired) electrons. The summed E-state index contributed by atoms with van der Waals surface area (Å²) in [7, 11) is 0. The van der Waals surface area contributed by atoms with Gasteiger partial charge in [-0.3, -0.25) is 9.69 Å². The summed E-state index contributed by atoms with van der Waals surface area (Å²) in [5.74, 6) is 0.0465. The van der Waals surface area contributed by atoms with E-state index in [-0.39, 0.29) is 11.9 Å². The van der Waals surface area contributed by atoms with Gasteiger partial charge in [0, 0.05) is 37.1 Å². The zero-order chi connectivity index (χ0) is 18.2. The largest absolute Gasteiger partial charge is 0.378 e. The minimum Gasteiger partial charge on any atom is -0.378 e. The van der Waals surface area contributed by atoms with Gasteiger partial charge in [-0.25, -0.2) is 0 Å². The van der Waals surface area contributed by atoms with Gasteiger partial charge in [0.25, 0.3) is 0 Å². The lowest BCUT2D eigenvalue weighted by Gasteiger charge is -2.35. The van der Waals surface area contributed by atoms with E-state index in [4.69, 9.17) is 16.3 Å². The fourth-order valence-electron chi connectivity index (χ4n) is 3.22. The topological polar surface area (TPSA) is 41.6 Å². The molecule has 1 N–H and O–H groups in total. The zero-order valence-corrected chi connectivity index (χ0v) is 15.6. The monoisotopic (exact) mass is 372 g/mol. The predicted octanol–water partition coefficient (Wildman–Crippen LogP) is 3.29. The highest BCUT2D eigenvalue weighted by Gasteiger charge is 2.25. The first-order valence-corrected chi connectivity index (χ1v) is 9.45. The molecule has 0 aromatic heterocycles. The van der Waals surface area contributed by atoms with E-state index < -0.39 is 0 Å². The number of halogens is 1. The zero-order valence-electron chi connectivity index (χ0n) is 14.9. The summed E-state index contributed by atoms with van der Waals surface area (Å²) >= 11 is 5.98. The molecule has 1 amide bonds. The van der Waals surface area contributed by atoms with Crippen molar-refractivity contribution in [2.24, 2.45) is 0 Å². The van der Waals surface area contributed by atoms with Gasteiger partial charge in [-0.1, -0.05) is 54.1 Å². The number of amides is 1. The maximum atomic E-state index is 12.4. The number of hydrogen-bond donors (Lipinski definition) is 1. The second-order valence-electron chi connectivity index (χ2n) is 6.61. The Labute approximate surface area is 160 Å². The number of ether oxygens (including phenoxy) is 1. The third-order valence-electron chi connectivity index (χ3n) is 4.68. The molecule has 4 nitrogen and oxygen atoms in total. The maximum absolute atomic E-state index is 12.4. The Morgan fingerprint density at radius 3 is 2.77 bits per heavy atom. The lowest BCUT2D eigenvalue weighted by Crippen LogP contribution is -2.48. The van der Waals surface area contributed by atoms with E-state index in [9.17, 15) is 4.79 Å². The Morgan fingerprint density at radius 2 is 1.96 bits per heavy atom. The highest BCUT2D eigenvalue weighted by atomic mass is 35.5. The van der Waals surface area contributed by atoms with Crippen LogP contribution in [0.25, 0.3) is 0 Å². The van der Waals surface area contributed by atoms with Crippen LogP contribution >= 0.6 is 11.6 Å². The van der Waals surface area contributed by atoms with E-state index in [0.29, 0.717) is 24.6 Å². The summed E-state index contributed by atoms with van der Waals surface area (Å²) < 4.78 is 5.60. The van der Waals surface area contributed by atoms with Crippen LogP contribution in [0.1, 0.15) is 17.5 Å². The molecular formula is C21H25ClN2O2. The Morgan fingerprint density at radius 1 is 1.15 bits per heavy atom. The Bertz CT molecular complexity index is 708. The highest BCUT2D eigenvalue weighted by Crippen LogP contribution is 2.13. The SMILES string of the molecule is O=C(CC1COCCN1CCc1ccccc1)NCc1cccc(Cl)c1. The number of nitrogens with zero attached hydrogens (tertiary/aromatic N) is 1. The molecule has 1 saturated heterocycles. The van der Waals surface area contributed by atoms with Crippen LogP contribution in [0.2, 0.25) is 5.02 Å². The number of nitrogens with one attached hydrogen (secondary N) is 1. The van der Waals surface area contributed by atoms with Crippen molar-refractivity contribution in [1.82, 2.24) is 10.2 Å². The van der Waals surface area contributed by atoms with E-state index in [0.717, 1.165) is 31.7 Å². The standard InChI is InChI=1S/C21H25ClN2O2/c22-19-8-4-7-18(13-19)15-23-21(25)14-20-16-26-12-11-24(20)10-9-17-5-2-1-3-6-17/h1-8,13,20H,9-12,14-16H2,(H,23,25). The Balaban J connectivity index is 1.48. The summed E-state index contributed by atoms with van der Waals surface area (Å²) in [6, 6.07) is 18.1. The second-order valence-corrected chi connectivity index (χ2v) is 7.05. The summed E-state index contributed by atoms with van der Waals surface area (Å²) in [4.78, 5) is 14.7. The van der Waals surface area contributed by atoms with Crippen LogP contribution in [-0.2, 0) is 22.5 Å². The lowest BCUT2D eigenvalue weighted by molar-refractivity contribution is -0.124. The third-order valence-corrected chi connectivity index (χ3v) is 4.91. The van der Waals surface area contributed by atoms with Gasteiger partial charge in [-0.2, -0.15) is 0 Å². The molecule has 1 fully saturated rings. The van der Waals surface area contributed by atoms with Gasteiger partial charge in [0.1, 0.15) is 0 Å². The predicted molar refractivity (Wildman–Crippen MR) is 104 cm³/mol. The van der Waals surface area contributed by atoms with Crippen molar-refractivity contribution >= 4 is 17.5 Å². The van der Waals surface area contributed by atoms with Crippen LogP contribution in [0.5, 0.6) is 0 Å².